The average Bonchev–Trinajstić information content (AvgIpc) is 2.85. The van der Waals surface area contributed by atoms with Crippen LogP contribution in [0, 0.1) is 0 Å². The first-order valence-electron chi connectivity index (χ1n) is 7.31. The number of imide groups is 1. The topological polar surface area (TPSA) is 130 Å². The highest BCUT2D eigenvalue weighted by Gasteiger charge is 2.35. The summed E-state index contributed by atoms with van der Waals surface area (Å²) in [6.45, 7) is -0.721. The molecule has 2 N–H and O–H groups in total. The normalized spacial score (nSPS) is 15.4. The number of carboxylic acid groups (broad SMARTS) is 2. The zero-order chi connectivity index (χ0) is 19.3. The van der Waals surface area contributed by atoms with Crippen molar-refractivity contribution < 1.29 is 38.9 Å². The van der Waals surface area contributed by atoms with Gasteiger partial charge in [-0.15, -0.1) is 0 Å². The molecule has 0 aromatic heterocycles. The number of rotatable bonds is 8. The monoisotopic (exact) mass is 381 g/mol. The minimum absolute atomic E-state index is 0.154. The van der Waals surface area contributed by atoms with E-state index in [9.17, 15) is 19.2 Å². The zero-order valence-electron chi connectivity index (χ0n) is 13.6. The second-order valence-corrected chi connectivity index (χ2v) is 6.06. The van der Waals surface area contributed by atoms with Crippen molar-refractivity contribution in [2.75, 3.05) is 20.3 Å². The van der Waals surface area contributed by atoms with E-state index in [4.69, 9.17) is 19.7 Å². The van der Waals surface area contributed by atoms with Crippen LogP contribution in [0.4, 0.5) is 4.79 Å². The Balaban J connectivity index is 2.18. The number of methoxy groups -OCH3 is 1. The molecule has 1 aliphatic rings. The molecule has 2 rings (SSSR count). The lowest BCUT2D eigenvalue weighted by molar-refractivity contribution is -0.139. The number of amides is 2. The number of nitrogens with zero attached hydrogens (tertiary/aromatic N) is 1. The summed E-state index contributed by atoms with van der Waals surface area (Å²) in [5.41, 5.74) is 0.535. The molecule has 0 unspecified atom stereocenters. The lowest BCUT2D eigenvalue weighted by atomic mass is 10.2. The van der Waals surface area contributed by atoms with Gasteiger partial charge in [0.05, 0.1) is 18.4 Å². The first kappa shape index (κ1) is 19.3. The third-order valence-corrected chi connectivity index (χ3v) is 4.17. The van der Waals surface area contributed by atoms with Gasteiger partial charge < -0.3 is 19.7 Å². The highest BCUT2D eigenvalue weighted by molar-refractivity contribution is 8.18. The smallest absolute Gasteiger partial charge is 0.341 e. The Hall–Kier alpha value is -3.01. The maximum Gasteiger partial charge on any atom is 0.341 e. The van der Waals surface area contributed by atoms with E-state index in [1.807, 2.05) is 0 Å². The van der Waals surface area contributed by atoms with Gasteiger partial charge in [-0.3, -0.25) is 19.3 Å². The molecule has 1 aromatic carbocycles. The number of ether oxygens (including phenoxy) is 2. The van der Waals surface area contributed by atoms with Gasteiger partial charge in [-0.25, -0.2) is 4.79 Å². The fraction of sp³-hybridized carbons (Fsp3) is 0.250. The molecule has 9 nitrogen and oxygen atoms in total. The summed E-state index contributed by atoms with van der Waals surface area (Å²) in [6, 6.07) is 4.59. The Morgan fingerprint density at radius 3 is 2.54 bits per heavy atom. The minimum Gasteiger partial charge on any atom is -0.493 e. The number of thioether (sulfide) groups is 1. The highest BCUT2D eigenvalue weighted by atomic mass is 32.2. The van der Waals surface area contributed by atoms with Crippen LogP contribution in [0.25, 0.3) is 6.08 Å². The predicted octanol–water partition coefficient (Wildman–Crippen LogP) is 1.67. The summed E-state index contributed by atoms with van der Waals surface area (Å²) in [5.74, 6) is -2.31. The van der Waals surface area contributed by atoms with Crippen molar-refractivity contribution >= 4 is 40.9 Å². The quantitative estimate of drug-likeness (QED) is 0.646. The van der Waals surface area contributed by atoms with Gasteiger partial charge in [-0.2, -0.15) is 0 Å². The van der Waals surface area contributed by atoms with Gasteiger partial charge in [0.25, 0.3) is 11.1 Å². The molecule has 0 spiro atoms. The minimum atomic E-state index is -1.13. The van der Waals surface area contributed by atoms with Crippen molar-refractivity contribution in [1.82, 2.24) is 4.90 Å². The molecule has 0 bridgehead atoms. The van der Waals surface area contributed by atoms with Crippen molar-refractivity contribution in [3.05, 3.63) is 28.7 Å². The van der Waals surface area contributed by atoms with Gasteiger partial charge >= 0.3 is 11.9 Å². The standard InChI is InChI=1S/C16H15NO8S/c1-24-11-6-9(2-3-10(11)25-8-14(20)21)7-12-15(22)17(16(23)26-12)5-4-13(18)19/h2-3,6-7H,4-5,8H2,1H3,(H,18,19)(H,20,21). The van der Waals surface area contributed by atoms with Crippen LogP contribution in [0.2, 0.25) is 0 Å². The summed E-state index contributed by atoms with van der Waals surface area (Å²) in [6.07, 6.45) is 1.14. The number of aliphatic carboxylic acids is 2. The molecule has 0 radical (unpaired) electrons. The first-order chi connectivity index (χ1) is 12.3. The largest absolute Gasteiger partial charge is 0.493 e. The molecule has 138 valence electrons. The van der Waals surface area contributed by atoms with E-state index < -0.39 is 29.7 Å². The van der Waals surface area contributed by atoms with Crippen molar-refractivity contribution in [3.8, 4) is 11.5 Å². The van der Waals surface area contributed by atoms with Crippen molar-refractivity contribution in [1.29, 1.82) is 0 Å². The number of hydrogen-bond acceptors (Lipinski definition) is 7. The Morgan fingerprint density at radius 2 is 1.92 bits per heavy atom. The third-order valence-electron chi connectivity index (χ3n) is 3.26. The fourth-order valence-corrected chi connectivity index (χ4v) is 2.95. The molecule has 1 aliphatic heterocycles. The van der Waals surface area contributed by atoms with Gasteiger partial charge in [-0.1, -0.05) is 6.07 Å². The van der Waals surface area contributed by atoms with Crippen LogP contribution < -0.4 is 9.47 Å². The van der Waals surface area contributed by atoms with E-state index in [0.29, 0.717) is 17.3 Å². The number of carbonyl (C=O) groups excluding carboxylic acids is 2. The van der Waals surface area contributed by atoms with E-state index in [0.717, 1.165) is 4.90 Å². The van der Waals surface area contributed by atoms with Crippen molar-refractivity contribution in [2.45, 2.75) is 6.42 Å². The SMILES string of the molecule is COc1cc(C=C2SC(=O)N(CCC(=O)O)C2=O)ccc1OCC(=O)O. The molecule has 1 aromatic rings. The Morgan fingerprint density at radius 1 is 1.19 bits per heavy atom. The molecule has 0 atom stereocenters. The van der Waals surface area contributed by atoms with E-state index >= 15 is 0 Å². The summed E-state index contributed by atoms with van der Waals surface area (Å²) in [7, 11) is 1.38. The van der Waals surface area contributed by atoms with Crippen LogP contribution in [-0.2, 0) is 14.4 Å². The Bertz CT molecular complexity index is 788. The lowest BCUT2D eigenvalue weighted by Crippen LogP contribution is -2.30. The fourth-order valence-electron chi connectivity index (χ4n) is 2.08. The first-order valence-corrected chi connectivity index (χ1v) is 8.13. The third kappa shape index (κ3) is 4.76. The molecule has 1 heterocycles. The lowest BCUT2D eigenvalue weighted by Gasteiger charge is -2.10. The van der Waals surface area contributed by atoms with Gasteiger partial charge in [0, 0.05) is 6.54 Å². The summed E-state index contributed by atoms with van der Waals surface area (Å²) in [5, 5.41) is 16.8. The van der Waals surface area contributed by atoms with Gasteiger partial charge in [0.15, 0.2) is 18.1 Å². The molecule has 1 fully saturated rings. The molecular formula is C16H15NO8S. The molecule has 0 aliphatic carbocycles. The van der Waals surface area contributed by atoms with Gasteiger partial charge in [0.2, 0.25) is 0 Å². The maximum absolute atomic E-state index is 12.2. The van der Waals surface area contributed by atoms with Crippen LogP contribution in [0.1, 0.15) is 12.0 Å². The summed E-state index contributed by atoms with van der Waals surface area (Å²) in [4.78, 5) is 46.3. The number of carboxylic acids is 2. The van der Waals surface area contributed by atoms with E-state index in [2.05, 4.69) is 0 Å². The van der Waals surface area contributed by atoms with Crippen LogP contribution in [0.5, 0.6) is 11.5 Å². The summed E-state index contributed by atoms with van der Waals surface area (Å²) >= 11 is 0.716. The zero-order valence-corrected chi connectivity index (χ0v) is 14.4. The number of carbonyl (C=O) groups is 4. The van der Waals surface area contributed by atoms with Gasteiger partial charge in [-0.05, 0) is 35.5 Å². The van der Waals surface area contributed by atoms with E-state index in [-0.39, 0.29) is 29.4 Å². The van der Waals surface area contributed by atoms with Crippen LogP contribution >= 0.6 is 11.8 Å². The maximum atomic E-state index is 12.2. The van der Waals surface area contributed by atoms with E-state index in [1.54, 1.807) is 6.07 Å². The Labute approximate surface area is 152 Å². The second-order valence-electron chi connectivity index (χ2n) is 5.07. The molecule has 2 amide bonds. The van der Waals surface area contributed by atoms with E-state index in [1.165, 1.54) is 25.3 Å². The molecule has 0 saturated carbocycles. The van der Waals surface area contributed by atoms with Crippen molar-refractivity contribution in [2.24, 2.45) is 0 Å². The molecular weight excluding hydrogens is 366 g/mol. The van der Waals surface area contributed by atoms with Crippen LogP contribution in [0.3, 0.4) is 0 Å². The molecule has 1 saturated heterocycles. The highest BCUT2D eigenvalue weighted by Crippen LogP contribution is 2.34. The summed E-state index contributed by atoms with van der Waals surface area (Å²) < 4.78 is 10.2. The molecule has 10 heteroatoms. The van der Waals surface area contributed by atoms with Crippen LogP contribution in [-0.4, -0.2) is 58.5 Å². The van der Waals surface area contributed by atoms with Crippen LogP contribution in [0.15, 0.2) is 23.1 Å². The predicted molar refractivity (Wildman–Crippen MR) is 91.1 cm³/mol. The second kappa shape index (κ2) is 8.39. The molecule has 26 heavy (non-hydrogen) atoms. The van der Waals surface area contributed by atoms with Gasteiger partial charge in [0.1, 0.15) is 0 Å². The van der Waals surface area contributed by atoms with Crippen molar-refractivity contribution in [3.63, 3.8) is 0 Å². The Kier molecular flexibility index (Phi) is 6.23. The average molecular weight is 381 g/mol. The number of hydrogen-bond donors (Lipinski definition) is 2. The number of benzene rings is 1.